The number of aromatic nitrogens is 2. The molecule has 4 rings (SSSR count). The molecule has 12 heteroatoms. The Morgan fingerprint density at radius 3 is 2.40 bits per heavy atom. The predicted octanol–water partition coefficient (Wildman–Crippen LogP) is 2.28. The molecule has 1 amide bonds. The Morgan fingerprint density at radius 2 is 1.74 bits per heavy atom. The summed E-state index contributed by atoms with van der Waals surface area (Å²) >= 11 is 0. The van der Waals surface area contributed by atoms with Crippen molar-refractivity contribution in [1.82, 2.24) is 14.9 Å². The summed E-state index contributed by atoms with van der Waals surface area (Å²) in [6.07, 6.45) is 1.16. The Balaban J connectivity index is 1.62. The third-order valence-electron chi connectivity index (χ3n) is 5.11. The number of fused-ring (bicyclic) bond motifs is 1. The minimum atomic E-state index is -4.00. The number of nitrogens with one attached hydrogen (secondary N) is 1. The van der Waals surface area contributed by atoms with Crippen LogP contribution in [0.2, 0.25) is 0 Å². The smallest absolute Gasteiger partial charge is 0.278 e. The number of amides is 1. The van der Waals surface area contributed by atoms with Crippen LogP contribution in [0.25, 0.3) is 0 Å². The van der Waals surface area contributed by atoms with E-state index in [1.807, 2.05) is 43.3 Å². The summed E-state index contributed by atoms with van der Waals surface area (Å²) in [6.45, 7) is 0.412. The molecule has 0 bridgehead atoms. The highest BCUT2D eigenvalue weighted by molar-refractivity contribution is 7.92. The van der Waals surface area contributed by atoms with Crippen LogP contribution in [0.3, 0.4) is 0 Å². The summed E-state index contributed by atoms with van der Waals surface area (Å²) in [6, 6.07) is 13.3. The van der Waals surface area contributed by atoms with Crippen LogP contribution in [-0.2, 0) is 14.8 Å². The van der Waals surface area contributed by atoms with E-state index in [1.165, 1.54) is 38.5 Å². The van der Waals surface area contributed by atoms with Gasteiger partial charge in [-0.3, -0.25) is 19.3 Å². The maximum absolute atomic E-state index is 13.1. The molecule has 2 aromatic carbocycles. The number of nitrogens with zero attached hydrogens (tertiary/aromatic N) is 5. The van der Waals surface area contributed by atoms with Gasteiger partial charge in [0, 0.05) is 5.56 Å². The third kappa shape index (κ3) is 4.79. The van der Waals surface area contributed by atoms with Crippen molar-refractivity contribution >= 4 is 38.8 Å². The summed E-state index contributed by atoms with van der Waals surface area (Å²) in [4.78, 5) is 29.0. The average molecular weight is 497 g/mol. The molecule has 0 saturated heterocycles. The van der Waals surface area contributed by atoms with Crippen LogP contribution in [0.1, 0.15) is 5.56 Å². The molecule has 1 N–H and O–H groups in total. The van der Waals surface area contributed by atoms with Crippen molar-refractivity contribution < 1.29 is 22.7 Å². The first-order chi connectivity index (χ1) is 16.7. The Hall–Kier alpha value is -4.03. The van der Waals surface area contributed by atoms with E-state index >= 15 is 0 Å². The zero-order chi connectivity index (χ0) is 25.2. The van der Waals surface area contributed by atoms with Gasteiger partial charge in [-0.1, -0.05) is 18.2 Å². The monoisotopic (exact) mass is 496 g/mol. The molecule has 35 heavy (non-hydrogen) atoms. The van der Waals surface area contributed by atoms with Gasteiger partial charge in [0.2, 0.25) is 5.75 Å². The fourth-order valence-electron chi connectivity index (χ4n) is 3.57. The highest BCUT2D eigenvalue weighted by Gasteiger charge is 2.33. The van der Waals surface area contributed by atoms with Crippen molar-refractivity contribution in [1.29, 1.82) is 0 Å². The number of anilines is 2. The molecule has 0 saturated carbocycles. The maximum Gasteiger partial charge on any atom is 0.278 e. The predicted molar refractivity (Wildman–Crippen MR) is 131 cm³/mol. The lowest BCUT2D eigenvalue weighted by atomic mass is 10.1. The molecule has 0 radical (unpaired) electrons. The van der Waals surface area contributed by atoms with Gasteiger partial charge in [-0.2, -0.15) is 4.98 Å². The van der Waals surface area contributed by atoms with Crippen LogP contribution in [0.5, 0.6) is 11.6 Å². The molecule has 0 aliphatic carbocycles. The lowest BCUT2D eigenvalue weighted by Crippen LogP contribution is -2.37. The van der Waals surface area contributed by atoms with Gasteiger partial charge in [0.1, 0.15) is 12.0 Å². The standard InChI is InChI=1S/C23H24N6O5S/c1-28(2)14-29-18-8-6-5-7-17(18)19(23(29)30)26-15-9-11-16(12-10-15)35(31,32)27-21-20(33-3)22(34-4)25-13-24-21/h5-13H,14H2,1-4H3,(H,24,25,27). The molecule has 1 aliphatic rings. The Morgan fingerprint density at radius 1 is 1.03 bits per heavy atom. The first-order valence-corrected chi connectivity index (χ1v) is 11.9. The molecule has 2 heterocycles. The van der Waals surface area contributed by atoms with Crippen molar-refractivity contribution in [3.8, 4) is 11.6 Å². The second kappa shape index (κ2) is 9.68. The fraction of sp³-hybridized carbons (Fsp3) is 0.217. The zero-order valence-electron chi connectivity index (χ0n) is 19.6. The summed E-state index contributed by atoms with van der Waals surface area (Å²) in [7, 11) is 2.50. The second-order valence-electron chi connectivity index (χ2n) is 7.80. The van der Waals surface area contributed by atoms with Gasteiger partial charge in [0.15, 0.2) is 5.82 Å². The molecule has 0 spiro atoms. The molecule has 11 nitrogen and oxygen atoms in total. The highest BCUT2D eigenvalue weighted by atomic mass is 32.2. The molecule has 182 valence electrons. The molecule has 0 unspecified atom stereocenters. The maximum atomic E-state index is 13.1. The van der Waals surface area contributed by atoms with Crippen molar-refractivity contribution in [3.63, 3.8) is 0 Å². The van der Waals surface area contributed by atoms with E-state index in [0.717, 1.165) is 17.6 Å². The van der Waals surface area contributed by atoms with Gasteiger partial charge < -0.3 is 9.47 Å². The molecule has 0 atom stereocenters. The van der Waals surface area contributed by atoms with E-state index in [4.69, 9.17) is 9.47 Å². The molecule has 1 aromatic heterocycles. The van der Waals surface area contributed by atoms with E-state index in [9.17, 15) is 13.2 Å². The zero-order valence-corrected chi connectivity index (χ0v) is 20.4. The van der Waals surface area contributed by atoms with Crippen molar-refractivity contribution in [2.24, 2.45) is 4.99 Å². The van der Waals surface area contributed by atoms with Crippen molar-refractivity contribution in [2.75, 3.05) is 44.6 Å². The molecular formula is C23H24N6O5S. The van der Waals surface area contributed by atoms with Crippen molar-refractivity contribution in [3.05, 3.63) is 60.4 Å². The number of hydrogen-bond acceptors (Lipinski definition) is 9. The number of para-hydroxylation sites is 1. The topological polar surface area (TPSA) is 126 Å². The Bertz CT molecular complexity index is 1390. The van der Waals surface area contributed by atoms with E-state index in [2.05, 4.69) is 19.7 Å². The number of aliphatic imine (C=N–C) groups is 1. The number of ether oxygens (including phenoxy) is 2. The van der Waals surface area contributed by atoms with E-state index in [1.54, 1.807) is 4.90 Å². The number of hydrogen-bond donors (Lipinski definition) is 1. The van der Waals surface area contributed by atoms with E-state index in [0.29, 0.717) is 18.1 Å². The summed E-state index contributed by atoms with van der Waals surface area (Å²) in [5.41, 5.74) is 2.24. The number of rotatable bonds is 8. The lowest BCUT2D eigenvalue weighted by Gasteiger charge is -2.21. The van der Waals surface area contributed by atoms with Crippen LogP contribution < -0.4 is 19.1 Å². The van der Waals surface area contributed by atoms with Crippen LogP contribution in [0.4, 0.5) is 17.2 Å². The van der Waals surface area contributed by atoms with Crippen LogP contribution in [-0.4, -0.2) is 69.9 Å². The van der Waals surface area contributed by atoms with E-state index in [-0.39, 0.29) is 28.3 Å². The van der Waals surface area contributed by atoms with Gasteiger partial charge in [-0.05, 0) is 44.4 Å². The van der Waals surface area contributed by atoms with Crippen molar-refractivity contribution in [2.45, 2.75) is 4.90 Å². The first-order valence-electron chi connectivity index (χ1n) is 10.5. The third-order valence-corrected chi connectivity index (χ3v) is 6.46. The number of carbonyl (C=O) groups is 1. The van der Waals surface area contributed by atoms with Gasteiger partial charge in [-0.15, -0.1) is 0 Å². The minimum Gasteiger partial charge on any atom is -0.489 e. The number of benzene rings is 2. The highest BCUT2D eigenvalue weighted by Crippen LogP contribution is 2.33. The summed E-state index contributed by atoms with van der Waals surface area (Å²) in [5, 5.41) is 0. The van der Waals surface area contributed by atoms with Gasteiger partial charge in [-0.25, -0.2) is 18.4 Å². The summed E-state index contributed by atoms with van der Waals surface area (Å²) in [5.74, 6) is -0.126. The lowest BCUT2D eigenvalue weighted by molar-refractivity contribution is -0.112. The van der Waals surface area contributed by atoms with Crippen LogP contribution >= 0.6 is 0 Å². The number of methoxy groups -OCH3 is 2. The number of sulfonamides is 1. The van der Waals surface area contributed by atoms with Crippen LogP contribution in [0.15, 0.2) is 64.7 Å². The van der Waals surface area contributed by atoms with Gasteiger partial charge >= 0.3 is 0 Å². The second-order valence-corrected chi connectivity index (χ2v) is 9.48. The number of carbonyl (C=O) groups excluding carboxylic acids is 1. The largest absolute Gasteiger partial charge is 0.489 e. The molecule has 1 aliphatic heterocycles. The van der Waals surface area contributed by atoms with Gasteiger partial charge in [0.05, 0.1) is 37.2 Å². The fourth-order valence-corrected chi connectivity index (χ4v) is 4.58. The molecule has 0 fully saturated rings. The van der Waals surface area contributed by atoms with E-state index < -0.39 is 10.0 Å². The molecular weight excluding hydrogens is 472 g/mol. The SMILES string of the molecule is COc1ncnc(NS(=O)(=O)c2ccc(N=C3C(=O)N(CN(C)C)c4ccccc43)cc2)c1OC. The normalized spacial score (nSPS) is 14.4. The van der Waals surface area contributed by atoms with Crippen LogP contribution in [0, 0.1) is 0 Å². The average Bonchev–Trinajstić information content (AvgIpc) is 3.09. The summed E-state index contributed by atoms with van der Waals surface area (Å²) < 4.78 is 38.5. The van der Waals surface area contributed by atoms with Gasteiger partial charge in [0.25, 0.3) is 21.8 Å². The first kappa shape index (κ1) is 24.1. The Kier molecular flexibility index (Phi) is 6.67. The molecule has 3 aromatic rings. The minimum absolute atomic E-state index is 0.0199. The Labute approximate surface area is 203 Å². The quantitative estimate of drug-likeness (QED) is 0.503.